The molecule has 0 N–H and O–H groups in total. The molecule has 0 bridgehead atoms. The standard InChI is InChI=1S/C16H18N2O3S.ClH/c1-18(10-7-14-4-2-3-9-17-14)22(19,20)15-5-6-16-13(12-15)8-11-21-16;/h2-6,9,12H,7-8,10-11H2,1H3;1H. The Kier molecular flexibility index (Phi) is 5.62. The predicted octanol–water partition coefficient (Wildman–Crippen LogP) is 2.30. The maximum Gasteiger partial charge on any atom is 0.242 e. The molecule has 3 rings (SSSR count). The first-order valence-electron chi connectivity index (χ1n) is 7.19. The van der Waals surface area contributed by atoms with Crippen LogP contribution < -0.4 is 4.74 Å². The number of fused-ring (bicyclic) bond motifs is 1. The maximum atomic E-state index is 12.6. The smallest absolute Gasteiger partial charge is 0.242 e. The largest absolute Gasteiger partial charge is 0.493 e. The van der Waals surface area contributed by atoms with Crippen molar-refractivity contribution in [1.82, 2.24) is 9.29 Å². The van der Waals surface area contributed by atoms with Gasteiger partial charge in [0.1, 0.15) is 5.75 Å². The van der Waals surface area contributed by atoms with Crippen molar-refractivity contribution in [3.8, 4) is 5.75 Å². The molecule has 0 unspecified atom stereocenters. The monoisotopic (exact) mass is 354 g/mol. The van der Waals surface area contributed by atoms with Gasteiger partial charge in [-0.05, 0) is 35.9 Å². The van der Waals surface area contributed by atoms with Gasteiger partial charge in [-0.1, -0.05) is 6.07 Å². The van der Waals surface area contributed by atoms with Crippen LogP contribution in [0, 0.1) is 0 Å². The Bertz CT molecular complexity index is 766. The number of aromatic nitrogens is 1. The van der Waals surface area contributed by atoms with Gasteiger partial charge >= 0.3 is 0 Å². The second-order valence-corrected chi connectivity index (χ2v) is 7.31. The molecule has 7 heteroatoms. The molecule has 1 aliphatic rings. The van der Waals surface area contributed by atoms with E-state index in [1.807, 2.05) is 18.2 Å². The van der Waals surface area contributed by atoms with E-state index in [0.717, 1.165) is 23.4 Å². The quantitative estimate of drug-likeness (QED) is 0.826. The minimum Gasteiger partial charge on any atom is -0.493 e. The minimum atomic E-state index is -3.48. The van der Waals surface area contributed by atoms with Gasteiger partial charge in [0, 0.05) is 38.3 Å². The molecule has 0 amide bonds. The molecule has 0 atom stereocenters. The van der Waals surface area contributed by atoms with Crippen LogP contribution in [0.15, 0.2) is 47.5 Å². The fourth-order valence-corrected chi connectivity index (χ4v) is 3.66. The van der Waals surface area contributed by atoms with Crippen molar-refractivity contribution < 1.29 is 13.2 Å². The van der Waals surface area contributed by atoms with Crippen molar-refractivity contribution in [2.45, 2.75) is 17.7 Å². The Labute approximate surface area is 142 Å². The summed E-state index contributed by atoms with van der Waals surface area (Å²) in [4.78, 5) is 4.53. The Balaban J connectivity index is 0.00000192. The molecular formula is C16H19ClN2O3S. The molecule has 2 aromatic rings. The maximum absolute atomic E-state index is 12.6. The molecule has 0 fully saturated rings. The summed E-state index contributed by atoms with van der Waals surface area (Å²) < 4.78 is 32.0. The summed E-state index contributed by atoms with van der Waals surface area (Å²) in [5.41, 5.74) is 1.84. The van der Waals surface area contributed by atoms with Crippen LogP contribution in [0.4, 0.5) is 0 Å². The lowest BCUT2D eigenvalue weighted by Crippen LogP contribution is -2.29. The number of sulfonamides is 1. The van der Waals surface area contributed by atoms with Crippen LogP contribution in [0.2, 0.25) is 0 Å². The molecule has 0 saturated carbocycles. The van der Waals surface area contributed by atoms with E-state index in [4.69, 9.17) is 4.74 Å². The van der Waals surface area contributed by atoms with E-state index >= 15 is 0 Å². The zero-order valence-corrected chi connectivity index (χ0v) is 14.4. The molecule has 2 heterocycles. The van der Waals surface area contributed by atoms with Gasteiger partial charge in [0.15, 0.2) is 0 Å². The fourth-order valence-electron chi connectivity index (χ4n) is 2.44. The van der Waals surface area contributed by atoms with E-state index in [1.54, 1.807) is 31.4 Å². The number of likely N-dealkylation sites (N-methyl/N-ethyl adjacent to an activating group) is 1. The van der Waals surface area contributed by atoms with Crippen LogP contribution in [-0.4, -0.2) is 37.9 Å². The molecule has 1 aromatic carbocycles. The lowest BCUT2D eigenvalue weighted by atomic mass is 10.2. The highest BCUT2D eigenvalue weighted by Crippen LogP contribution is 2.28. The van der Waals surface area contributed by atoms with Gasteiger partial charge in [-0.15, -0.1) is 12.4 Å². The molecule has 23 heavy (non-hydrogen) atoms. The van der Waals surface area contributed by atoms with E-state index in [1.165, 1.54) is 4.31 Å². The van der Waals surface area contributed by atoms with E-state index in [-0.39, 0.29) is 12.4 Å². The van der Waals surface area contributed by atoms with E-state index < -0.39 is 10.0 Å². The molecule has 1 aliphatic heterocycles. The van der Waals surface area contributed by atoms with Crippen LogP contribution >= 0.6 is 12.4 Å². The summed E-state index contributed by atoms with van der Waals surface area (Å²) in [6.07, 6.45) is 3.06. The average Bonchev–Trinajstić information content (AvgIpc) is 3.01. The van der Waals surface area contributed by atoms with Crippen molar-refractivity contribution in [2.75, 3.05) is 20.2 Å². The van der Waals surface area contributed by atoms with Crippen molar-refractivity contribution in [3.05, 3.63) is 53.9 Å². The lowest BCUT2D eigenvalue weighted by molar-refractivity contribution is 0.356. The third kappa shape index (κ3) is 3.83. The third-order valence-corrected chi connectivity index (χ3v) is 5.63. The molecule has 5 nitrogen and oxygen atoms in total. The summed E-state index contributed by atoms with van der Waals surface area (Å²) >= 11 is 0. The normalized spacial score (nSPS) is 13.3. The molecule has 0 radical (unpaired) electrons. The summed E-state index contributed by atoms with van der Waals surface area (Å²) in [5, 5.41) is 0. The van der Waals surface area contributed by atoms with Crippen LogP contribution in [0.3, 0.4) is 0 Å². The van der Waals surface area contributed by atoms with E-state index in [9.17, 15) is 8.42 Å². The van der Waals surface area contributed by atoms with E-state index in [2.05, 4.69) is 4.98 Å². The number of hydrogen-bond acceptors (Lipinski definition) is 4. The number of nitrogens with zero attached hydrogens (tertiary/aromatic N) is 2. The number of halogens is 1. The molecule has 124 valence electrons. The molecule has 0 spiro atoms. The highest BCUT2D eigenvalue weighted by molar-refractivity contribution is 7.89. The van der Waals surface area contributed by atoms with Gasteiger partial charge in [-0.3, -0.25) is 4.98 Å². The molecule has 0 saturated heterocycles. The van der Waals surface area contributed by atoms with Gasteiger partial charge in [0.2, 0.25) is 10.0 Å². The number of pyridine rings is 1. The highest BCUT2D eigenvalue weighted by Gasteiger charge is 2.23. The number of ether oxygens (including phenoxy) is 1. The van der Waals surface area contributed by atoms with Gasteiger partial charge < -0.3 is 4.74 Å². The lowest BCUT2D eigenvalue weighted by Gasteiger charge is -2.17. The van der Waals surface area contributed by atoms with Crippen LogP contribution in [0.5, 0.6) is 5.75 Å². The van der Waals surface area contributed by atoms with Crippen LogP contribution in [0.1, 0.15) is 11.3 Å². The topological polar surface area (TPSA) is 59.5 Å². The van der Waals surface area contributed by atoms with Gasteiger partial charge in [0.25, 0.3) is 0 Å². The van der Waals surface area contributed by atoms with Crippen LogP contribution in [-0.2, 0) is 22.9 Å². The molecule has 0 aliphatic carbocycles. The van der Waals surface area contributed by atoms with Gasteiger partial charge in [0.05, 0.1) is 11.5 Å². The Morgan fingerprint density at radius 3 is 2.83 bits per heavy atom. The minimum absolute atomic E-state index is 0. The third-order valence-electron chi connectivity index (χ3n) is 3.78. The fraction of sp³-hybridized carbons (Fsp3) is 0.312. The summed E-state index contributed by atoms with van der Waals surface area (Å²) in [6, 6.07) is 10.7. The van der Waals surface area contributed by atoms with Gasteiger partial charge in [-0.2, -0.15) is 0 Å². The van der Waals surface area contributed by atoms with Crippen LogP contribution in [0.25, 0.3) is 0 Å². The molecule has 1 aromatic heterocycles. The average molecular weight is 355 g/mol. The zero-order chi connectivity index (χ0) is 15.6. The summed E-state index contributed by atoms with van der Waals surface area (Å²) in [6.45, 7) is 1.02. The first kappa shape index (κ1) is 17.7. The Morgan fingerprint density at radius 1 is 1.26 bits per heavy atom. The Morgan fingerprint density at radius 2 is 2.09 bits per heavy atom. The summed E-state index contributed by atoms with van der Waals surface area (Å²) in [5.74, 6) is 0.787. The zero-order valence-electron chi connectivity index (χ0n) is 12.8. The van der Waals surface area contributed by atoms with Crippen molar-refractivity contribution in [1.29, 1.82) is 0 Å². The predicted molar refractivity (Wildman–Crippen MR) is 90.6 cm³/mol. The number of hydrogen-bond donors (Lipinski definition) is 0. The molecular weight excluding hydrogens is 336 g/mol. The van der Waals surface area contributed by atoms with Gasteiger partial charge in [-0.25, -0.2) is 12.7 Å². The van der Waals surface area contributed by atoms with Crippen molar-refractivity contribution >= 4 is 22.4 Å². The number of benzene rings is 1. The van der Waals surface area contributed by atoms with E-state index in [0.29, 0.717) is 24.5 Å². The van der Waals surface area contributed by atoms with Crippen molar-refractivity contribution in [2.24, 2.45) is 0 Å². The first-order chi connectivity index (χ1) is 10.6. The first-order valence-corrected chi connectivity index (χ1v) is 8.63. The SMILES string of the molecule is CN(CCc1ccccn1)S(=O)(=O)c1ccc2c(c1)CCO2.Cl. The highest BCUT2D eigenvalue weighted by atomic mass is 35.5. The number of rotatable bonds is 5. The Hall–Kier alpha value is -1.63. The second kappa shape index (κ2) is 7.29. The summed E-state index contributed by atoms with van der Waals surface area (Å²) in [7, 11) is -1.88. The second-order valence-electron chi connectivity index (χ2n) is 5.27. The van der Waals surface area contributed by atoms with Crippen molar-refractivity contribution in [3.63, 3.8) is 0 Å².